The number of benzene rings is 1. The molecule has 124 valence electrons. The highest BCUT2D eigenvalue weighted by Crippen LogP contribution is 2.42. The second kappa shape index (κ2) is 6.39. The van der Waals surface area contributed by atoms with Gasteiger partial charge in [-0.2, -0.15) is 4.99 Å². The van der Waals surface area contributed by atoms with Crippen LogP contribution in [0.4, 0.5) is 4.79 Å². The Hall–Kier alpha value is -2.76. The van der Waals surface area contributed by atoms with Gasteiger partial charge in [-0.3, -0.25) is 14.9 Å². The third-order valence-corrected chi connectivity index (χ3v) is 4.37. The summed E-state index contributed by atoms with van der Waals surface area (Å²) in [6.07, 6.45) is 1.66. The van der Waals surface area contributed by atoms with Crippen molar-refractivity contribution < 1.29 is 19.1 Å². The first-order chi connectivity index (χ1) is 11.5. The molecule has 3 rings (SSSR count). The number of nitrogens with zero attached hydrogens (tertiary/aromatic N) is 1. The number of ether oxygens (including phenoxy) is 1. The lowest BCUT2D eigenvalue weighted by molar-refractivity contribution is -0.148. The lowest BCUT2D eigenvalue weighted by atomic mass is 9.67. The van der Waals surface area contributed by atoms with Crippen molar-refractivity contribution in [1.29, 1.82) is 0 Å². The Kier molecular flexibility index (Phi) is 4.29. The van der Waals surface area contributed by atoms with E-state index in [4.69, 9.17) is 4.74 Å². The van der Waals surface area contributed by atoms with Gasteiger partial charge in [0.05, 0.1) is 24.2 Å². The maximum Gasteiger partial charge on any atom is 0.347 e. The smallest absolute Gasteiger partial charge is 0.347 e. The lowest BCUT2D eigenvalue weighted by Gasteiger charge is -2.37. The molecule has 1 heterocycles. The van der Waals surface area contributed by atoms with Crippen LogP contribution in [0.5, 0.6) is 0 Å². The number of allylic oxidation sites excluding steroid dienone is 1. The predicted molar refractivity (Wildman–Crippen MR) is 87.5 cm³/mol. The molecule has 1 N–H and O–H groups in total. The highest BCUT2D eigenvalue weighted by atomic mass is 16.5. The maximum atomic E-state index is 12.5. The average Bonchev–Trinajstić information content (AvgIpc) is 2.54. The first-order valence-corrected chi connectivity index (χ1v) is 7.86. The van der Waals surface area contributed by atoms with Gasteiger partial charge in [0, 0.05) is 5.92 Å². The van der Waals surface area contributed by atoms with Gasteiger partial charge in [-0.1, -0.05) is 35.9 Å². The molecule has 0 spiro atoms. The molecule has 0 saturated carbocycles. The number of fused-ring (bicyclic) bond motifs is 1. The molecule has 1 aromatic carbocycles. The summed E-state index contributed by atoms with van der Waals surface area (Å²) in [6, 6.07) is 8.65. The van der Waals surface area contributed by atoms with Crippen molar-refractivity contribution in [3.05, 3.63) is 47.5 Å². The summed E-state index contributed by atoms with van der Waals surface area (Å²) in [5.41, 5.74) is 1.97. The zero-order chi connectivity index (χ0) is 17.3. The fraction of sp³-hybridized carbons (Fsp3) is 0.333. The van der Waals surface area contributed by atoms with Crippen LogP contribution in [0.1, 0.15) is 25.3 Å². The van der Waals surface area contributed by atoms with Gasteiger partial charge in [0.2, 0.25) is 5.91 Å². The highest BCUT2D eigenvalue weighted by Gasteiger charge is 2.47. The third kappa shape index (κ3) is 2.75. The molecule has 0 bridgehead atoms. The zero-order valence-electron chi connectivity index (χ0n) is 13.5. The van der Waals surface area contributed by atoms with E-state index in [0.717, 1.165) is 11.1 Å². The van der Waals surface area contributed by atoms with Crippen LogP contribution in [0.2, 0.25) is 0 Å². The van der Waals surface area contributed by atoms with E-state index >= 15 is 0 Å². The van der Waals surface area contributed by atoms with Gasteiger partial charge in [0.25, 0.3) is 0 Å². The number of esters is 1. The first-order valence-electron chi connectivity index (χ1n) is 7.86. The van der Waals surface area contributed by atoms with Crippen LogP contribution in [-0.2, 0) is 14.3 Å². The van der Waals surface area contributed by atoms with Crippen molar-refractivity contribution in [2.75, 3.05) is 6.61 Å². The van der Waals surface area contributed by atoms with Gasteiger partial charge in [-0.15, -0.1) is 0 Å². The van der Waals surface area contributed by atoms with Crippen molar-refractivity contribution >= 4 is 23.6 Å². The van der Waals surface area contributed by atoms with E-state index < -0.39 is 29.7 Å². The molecule has 0 saturated heterocycles. The summed E-state index contributed by atoms with van der Waals surface area (Å²) in [7, 11) is 0. The van der Waals surface area contributed by atoms with Crippen LogP contribution < -0.4 is 5.32 Å². The van der Waals surface area contributed by atoms with Crippen LogP contribution >= 0.6 is 0 Å². The Labute approximate surface area is 139 Å². The van der Waals surface area contributed by atoms with Crippen molar-refractivity contribution in [3.63, 3.8) is 0 Å². The Morgan fingerprint density at radius 3 is 2.62 bits per heavy atom. The van der Waals surface area contributed by atoms with E-state index in [0.29, 0.717) is 5.71 Å². The van der Waals surface area contributed by atoms with Gasteiger partial charge in [0.1, 0.15) is 0 Å². The number of aliphatic imine (C=N–C) groups is 1. The Morgan fingerprint density at radius 2 is 1.96 bits per heavy atom. The second-order valence-electron chi connectivity index (χ2n) is 5.86. The van der Waals surface area contributed by atoms with Crippen LogP contribution in [-0.4, -0.2) is 30.2 Å². The molecule has 24 heavy (non-hydrogen) atoms. The highest BCUT2D eigenvalue weighted by molar-refractivity contribution is 6.21. The number of carbonyl (C=O) groups is 3. The monoisotopic (exact) mass is 326 g/mol. The molecular formula is C18H18N2O4. The summed E-state index contributed by atoms with van der Waals surface area (Å²) in [5.74, 6) is -2.54. The van der Waals surface area contributed by atoms with Gasteiger partial charge >= 0.3 is 12.0 Å². The number of amides is 3. The van der Waals surface area contributed by atoms with Crippen LogP contribution in [0.3, 0.4) is 0 Å². The number of rotatable bonds is 3. The topological polar surface area (TPSA) is 84.8 Å². The maximum absolute atomic E-state index is 12.5. The van der Waals surface area contributed by atoms with Crippen LogP contribution in [0.25, 0.3) is 0 Å². The molecule has 0 radical (unpaired) electrons. The quantitative estimate of drug-likeness (QED) is 0.863. The average molecular weight is 326 g/mol. The van der Waals surface area contributed by atoms with Crippen molar-refractivity contribution in [3.8, 4) is 0 Å². The van der Waals surface area contributed by atoms with Crippen molar-refractivity contribution in [2.45, 2.75) is 19.8 Å². The minimum absolute atomic E-state index is 0.264. The number of urea groups is 1. The Balaban J connectivity index is 2.15. The van der Waals surface area contributed by atoms with Gasteiger partial charge in [-0.25, -0.2) is 4.79 Å². The normalized spacial score (nSPS) is 26.0. The molecule has 1 aliphatic heterocycles. The molecule has 2 aliphatic rings. The van der Waals surface area contributed by atoms with E-state index in [1.807, 2.05) is 30.3 Å². The fourth-order valence-electron chi connectivity index (χ4n) is 3.42. The fourth-order valence-corrected chi connectivity index (χ4v) is 3.42. The number of hydrogen-bond acceptors (Lipinski definition) is 4. The van der Waals surface area contributed by atoms with Crippen molar-refractivity contribution in [1.82, 2.24) is 5.32 Å². The zero-order valence-corrected chi connectivity index (χ0v) is 13.5. The number of imide groups is 1. The Bertz CT molecular complexity index is 752. The van der Waals surface area contributed by atoms with Gasteiger partial charge in [0.15, 0.2) is 0 Å². The first kappa shape index (κ1) is 16.1. The summed E-state index contributed by atoms with van der Waals surface area (Å²) in [4.78, 5) is 40.5. The minimum Gasteiger partial charge on any atom is -0.466 e. The summed E-state index contributed by atoms with van der Waals surface area (Å²) in [6.45, 7) is 3.81. The molecular weight excluding hydrogens is 308 g/mol. The van der Waals surface area contributed by atoms with E-state index in [1.54, 1.807) is 19.9 Å². The van der Waals surface area contributed by atoms with E-state index in [1.165, 1.54) is 0 Å². The summed E-state index contributed by atoms with van der Waals surface area (Å²) in [5, 5.41) is 2.24. The van der Waals surface area contributed by atoms with E-state index in [-0.39, 0.29) is 12.6 Å². The Morgan fingerprint density at radius 1 is 1.25 bits per heavy atom. The molecule has 6 heteroatoms. The number of hydrogen-bond donors (Lipinski definition) is 1. The number of nitrogens with one attached hydrogen (secondary N) is 1. The van der Waals surface area contributed by atoms with Crippen LogP contribution in [0, 0.1) is 11.8 Å². The molecule has 1 aliphatic carbocycles. The van der Waals surface area contributed by atoms with E-state index in [9.17, 15) is 14.4 Å². The predicted octanol–water partition coefficient (Wildman–Crippen LogP) is 2.22. The number of carbonyl (C=O) groups excluding carboxylic acids is 3. The third-order valence-electron chi connectivity index (χ3n) is 4.37. The molecule has 0 fully saturated rings. The molecule has 1 aromatic rings. The summed E-state index contributed by atoms with van der Waals surface area (Å²) < 4.78 is 5.22. The molecule has 3 atom stereocenters. The van der Waals surface area contributed by atoms with Gasteiger partial charge < -0.3 is 4.74 Å². The second-order valence-corrected chi connectivity index (χ2v) is 5.86. The standard InChI is InChI=1S/C18H18N2O4/c1-3-24-17(22)13-10(2)9-12-15(16(21)20-18(23)19-12)14(13)11-7-5-4-6-8-11/h4-9,13-15H,3H2,1-2H3,(H,20,21,23). The largest absolute Gasteiger partial charge is 0.466 e. The van der Waals surface area contributed by atoms with Crippen LogP contribution in [0.15, 0.2) is 47.0 Å². The molecule has 6 nitrogen and oxygen atoms in total. The molecule has 0 aromatic heterocycles. The lowest BCUT2D eigenvalue weighted by Crippen LogP contribution is -2.50. The SMILES string of the molecule is CCOC(=O)C1C(C)=CC2=NC(=O)NC(=O)C2C1c1ccccc1. The summed E-state index contributed by atoms with van der Waals surface area (Å²) >= 11 is 0. The van der Waals surface area contributed by atoms with Crippen molar-refractivity contribution in [2.24, 2.45) is 16.8 Å². The molecule has 3 amide bonds. The van der Waals surface area contributed by atoms with E-state index in [2.05, 4.69) is 10.3 Å². The molecule has 3 unspecified atom stereocenters. The van der Waals surface area contributed by atoms with Gasteiger partial charge in [-0.05, 0) is 25.5 Å². The minimum atomic E-state index is -0.691.